The van der Waals surface area contributed by atoms with Crippen LogP contribution in [0.5, 0.6) is 5.75 Å². The van der Waals surface area contributed by atoms with Crippen LogP contribution in [0.15, 0.2) is 24.3 Å². The van der Waals surface area contributed by atoms with E-state index >= 15 is 0 Å². The summed E-state index contributed by atoms with van der Waals surface area (Å²) < 4.78 is 5.59. The highest BCUT2D eigenvalue weighted by Gasteiger charge is 2.32. The lowest BCUT2D eigenvalue weighted by Gasteiger charge is -2.35. The Morgan fingerprint density at radius 2 is 1.85 bits per heavy atom. The molecule has 1 fully saturated rings. The van der Waals surface area contributed by atoms with Crippen molar-refractivity contribution < 1.29 is 14.6 Å². The quantitative estimate of drug-likeness (QED) is 0.641. The van der Waals surface area contributed by atoms with Crippen LogP contribution in [0.25, 0.3) is 0 Å². The Morgan fingerprint density at radius 1 is 1.23 bits per heavy atom. The van der Waals surface area contributed by atoms with Crippen LogP contribution < -0.4 is 15.8 Å². The van der Waals surface area contributed by atoms with E-state index in [9.17, 15) is 9.90 Å². The maximum Gasteiger partial charge on any atom is 0.220 e. The number of aliphatic hydroxyl groups excluding tert-OH is 1. The van der Waals surface area contributed by atoms with Crippen LogP contribution in [0.4, 0.5) is 0 Å². The van der Waals surface area contributed by atoms with E-state index in [-0.39, 0.29) is 36.4 Å². The first-order valence-electron chi connectivity index (χ1n) is 9.35. The molecule has 1 aromatic carbocycles. The van der Waals surface area contributed by atoms with Crippen LogP contribution >= 0.6 is 12.4 Å². The standard InChI is InChI=1S/C20H32N2O3.ClH/c1-15(2)25-17-8-6-16(7-9-17)18(23)13-22-19(24)12-20(14-21)10-4-3-5-11-20;/h6-9,15,18,23H,3-5,10-14,21H2,1-2H3,(H,22,24);1H. The molecule has 148 valence electrons. The first kappa shape index (κ1) is 22.7. The van der Waals surface area contributed by atoms with E-state index in [4.69, 9.17) is 10.5 Å². The fourth-order valence-corrected chi connectivity index (χ4v) is 3.53. The summed E-state index contributed by atoms with van der Waals surface area (Å²) in [6.45, 7) is 4.71. The third kappa shape index (κ3) is 6.78. The van der Waals surface area contributed by atoms with Crippen LogP contribution in [-0.2, 0) is 4.79 Å². The molecule has 5 nitrogen and oxygen atoms in total. The fourth-order valence-electron chi connectivity index (χ4n) is 3.53. The van der Waals surface area contributed by atoms with E-state index in [1.165, 1.54) is 6.42 Å². The molecule has 1 aromatic rings. The number of ether oxygens (including phenoxy) is 1. The number of hydrogen-bond acceptors (Lipinski definition) is 4. The van der Waals surface area contributed by atoms with Gasteiger partial charge in [-0.3, -0.25) is 4.79 Å². The second-order valence-electron chi connectivity index (χ2n) is 7.50. The molecular weight excluding hydrogens is 352 g/mol. The van der Waals surface area contributed by atoms with E-state index in [1.807, 2.05) is 38.1 Å². The van der Waals surface area contributed by atoms with Crippen molar-refractivity contribution in [2.75, 3.05) is 13.1 Å². The zero-order chi connectivity index (χ0) is 18.3. The molecule has 1 aliphatic carbocycles. The zero-order valence-corrected chi connectivity index (χ0v) is 16.7. The molecule has 6 heteroatoms. The predicted molar refractivity (Wildman–Crippen MR) is 107 cm³/mol. The number of rotatable bonds is 8. The van der Waals surface area contributed by atoms with Gasteiger partial charge in [-0.15, -0.1) is 12.4 Å². The second-order valence-corrected chi connectivity index (χ2v) is 7.50. The lowest BCUT2D eigenvalue weighted by molar-refractivity contribution is -0.124. The number of nitrogens with one attached hydrogen (secondary N) is 1. The summed E-state index contributed by atoms with van der Waals surface area (Å²) in [6, 6.07) is 7.34. The summed E-state index contributed by atoms with van der Waals surface area (Å²) in [5, 5.41) is 13.1. The van der Waals surface area contributed by atoms with Gasteiger partial charge in [0, 0.05) is 13.0 Å². The third-order valence-electron chi connectivity index (χ3n) is 5.01. The van der Waals surface area contributed by atoms with Gasteiger partial charge in [0.05, 0.1) is 12.2 Å². The van der Waals surface area contributed by atoms with Crippen molar-refractivity contribution in [2.24, 2.45) is 11.1 Å². The molecule has 0 aromatic heterocycles. The normalized spacial score (nSPS) is 17.3. The molecule has 1 atom stereocenters. The van der Waals surface area contributed by atoms with E-state index in [1.54, 1.807) is 0 Å². The number of carbonyl (C=O) groups excluding carboxylic acids is 1. The highest BCUT2D eigenvalue weighted by atomic mass is 35.5. The smallest absolute Gasteiger partial charge is 0.220 e. The molecule has 1 aliphatic rings. The molecule has 0 spiro atoms. The summed E-state index contributed by atoms with van der Waals surface area (Å²) >= 11 is 0. The molecule has 1 amide bonds. The Labute approximate surface area is 163 Å². The van der Waals surface area contributed by atoms with Crippen molar-refractivity contribution in [2.45, 2.75) is 64.6 Å². The molecule has 2 rings (SSSR count). The number of aliphatic hydroxyl groups is 1. The number of hydrogen-bond donors (Lipinski definition) is 3. The van der Waals surface area contributed by atoms with E-state index in [2.05, 4.69) is 5.32 Å². The highest BCUT2D eigenvalue weighted by molar-refractivity contribution is 5.85. The summed E-state index contributed by atoms with van der Waals surface area (Å²) in [5.41, 5.74) is 6.65. The summed E-state index contributed by atoms with van der Waals surface area (Å²) in [6.07, 6.45) is 5.43. The van der Waals surface area contributed by atoms with Gasteiger partial charge in [0.15, 0.2) is 0 Å². The van der Waals surface area contributed by atoms with Crippen molar-refractivity contribution >= 4 is 18.3 Å². The topological polar surface area (TPSA) is 84.6 Å². The minimum Gasteiger partial charge on any atom is -0.491 e. The summed E-state index contributed by atoms with van der Waals surface area (Å²) in [5.74, 6) is 0.753. The van der Waals surface area contributed by atoms with Gasteiger partial charge in [-0.1, -0.05) is 31.4 Å². The molecule has 0 heterocycles. The molecular formula is C20H33ClN2O3. The number of benzene rings is 1. The maximum absolute atomic E-state index is 12.3. The van der Waals surface area contributed by atoms with Gasteiger partial charge in [0.25, 0.3) is 0 Å². The number of carbonyl (C=O) groups is 1. The monoisotopic (exact) mass is 384 g/mol. The van der Waals surface area contributed by atoms with Crippen LogP contribution in [0.2, 0.25) is 0 Å². The Kier molecular flexibility index (Phi) is 9.41. The van der Waals surface area contributed by atoms with Crippen LogP contribution in [0.1, 0.15) is 64.0 Å². The van der Waals surface area contributed by atoms with E-state index in [0.29, 0.717) is 13.0 Å². The van der Waals surface area contributed by atoms with Gasteiger partial charge in [-0.25, -0.2) is 0 Å². The van der Waals surface area contributed by atoms with Gasteiger partial charge in [-0.2, -0.15) is 0 Å². The van der Waals surface area contributed by atoms with Crippen molar-refractivity contribution in [1.29, 1.82) is 0 Å². The lowest BCUT2D eigenvalue weighted by Crippen LogP contribution is -2.39. The third-order valence-corrected chi connectivity index (χ3v) is 5.01. The van der Waals surface area contributed by atoms with Crippen LogP contribution in [0.3, 0.4) is 0 Å². The van der Waals surface area contributed by atoms with Crippen molar-refractivity contribution in [3.05, 3.63) is 29.8 Å². The molecule has 26 heavy (non-hydrogen) atoms. The fraction of sp³-hybridized carbons (Fsp3) is 0.650. The van der Waals surface area contributed by atoms with Crippen LogP contribution in [-0.4, -0.2) is 30.2 Å². The Bertz CT molecular complexity index is 542. The van der Waals surface area contributed by atoms with Crippen molar-refractivity contribution in [1.82, 2.24) is 5.32 Å². The molecule has 0 aliphatic heterocycles. The van der Waals surface area contributed by atoms with Gasteiger partial charge < -0.3 is 20.9 Å². The zero-order valence-electron chi connectivity index (χ0n) is 15.9. The molecule has 0 saturated heterocycles. The average Bonchev–Trinajstić information content (AvgIpc) is 2.60. The largest absolute Gasteiger partial charge is 0.491 e. The minimum absolute atomic E-state index is 0. The summed E-state index contributed by atoms with van der Waals surface area (Å²) in [4.78, 5) is 12.3. The van der Waals surface area contributed by atoms with E-state index < -0.39 is 6.10 Å². The Balaban J connectivity index is 0.00000338. The van der Waals surface area contributed by atoms with E-state index in [0.717, 1.165) is 37.0 Å². The van der Waals surface area contributed by atoms with Gasteiger partial charge >= 0.3 is 0 Å². The average molecular weight is 385 g/mol. The molecule has 1 saturated carbocycles. The highest BCUT2D eigenvalue weighted by Crippen LogP contribution is 2.38. The second kappa shape index (κ2) is 10.8. The number of amides is 1. The van der Waals surface area contributed by atoms with Gasteiger partial charge in [0.1, 0.15) is 5.75 Å². The van der Waals surface area contributed by atoms with Gasteiger partial charge in [-0.05, 0) is 56.3 Å². The maximum atomic E-state index is 12.3. The Hall–Kier alpha value is -1.30. The van der Waals surface area contributed by atoms with Crippen molar-refractivity contribution in [3.63, 3.8) is 0 Å². The van der Waals surface area contributed by atoms with Crippen molar-refractivity contribution in [3.8, 4) is 5.75 Å². The minimum atomic E-state index is -0.725. The van der Waals surface area contributed by atoms with Crippen LogP contribution in [0, 0.1) is 5.41 Å². The molecule has 4 N–H and O–H groups in total. The first-order chi connectivity index (χ1) is 11.9. The summed E-state index contributed by atoms with van der Waals surface area (Å²) in [7, 11) is 0. The molecule has 0 radical (unpaired) electrons. The lowest BCUT2D eigenvalue weighted by atomic mass is 9.71. The SMILES string of the molecule is CC(C)Oc1ccc(C(O)CNC(=O)CC2(CN)CCCCC2)cc1.Cl. The first-order valence-corrected chi connectivity index (χ1v) is 9.35. The Morgan fingerprint density at radius 3 is 2.38 bits per heavy atom. The van der Waals surface area contributed by atoms with Gasteiger partial charge in [0.2, 0.25) is 5.91 Å². The number of nitrogens with two attached hydrogens (primary N) is 1. The molecule has 0 bridgehead atoms. The number of halogens is 1. The molecule has 1 unspecified atom stereocenters. The predicted octanol–water partition coefficient (Wildman–Crippen LogP) is 3.34.